The van der Waals surface area contributed by atoms with Gasteiger partial charge in [0.15, 0.2) is 0 Å². The van der Waals surface area contributed by atoms with E-state index >= 15 is 0 Å². The highest BCUT2D eigenvalue weighted by Gasteiger charge is 2.10. The quantitative estimate of drug-likeness (QED) is 0.635. The van der Waals surface area contributed by atoms with Gasteiger partial charge in [0.2, 0.25) is 0 Å². The maximum absolute atomic E-state index is 14.4. The lowest BCUT2D eigenvalue weighted by molar-refractivity contribution is 0.627. The Morgan fingerprint density at radius 3 is 1.68 bits per heavy atom. The van der Waals surface area contributed by atoms with E-state index in [1.54, 1.807) is 48.5 Å². The molecule has 0 aliphatic rings. The number of rotatable bonds is 2. The molecule has 3 aromatic rings. The molecule has 102 valence electrons. The van der Waals surface area contributed by atoms with Crippen molar-refractivity contribution in [1.29, 1.82) is 0 Å². The summed E-state index contributed by atoms with van der Waals surface area (Å²) in [5.74, 6) is -0.891. The average Bonchev–Trinajstić information content (AvgIpc) is 2.48. The van der Waals surface area contributed by atoms with Crippen LogP contribution in [-0.4, -0.2) is 15.7 Å². The zero-order valence-electron chi connectivity index (χ0n) is 11.7. The average molecular weight is 286 g/mol. The molecule has 0 bridgehead atoms. The van der Waals surface area contributed by atoms with Crippen molar-refractivity contribution in [2.24, 2.45) is 0 Å². The maximum atomic E-state index is 14.4. The summed E-state index contributed by atoms with van der Waals surface area (Å²) in [5, 5.41) is 0. The number of hydrogen-bond donors (Lipinski definition) is 0. The SMILES string of the molecule is [B]c1ccc(-c2ccc(-c3ccc([B])cc3F)cc2F)cc1. The van der Waals surface area contributed by atoms with Crippen LogP contribution >= 0.6 is 0 Å². The second kappa shape index (κ2) is 5.80. The third-order valence-electron chi connectivity index (χ3n) is 3.49. The van der Waals surface area contributed by atoms with Crippen LogP contribution in [0.15, 0.2) is 60.7 Å². The second-order valence-corrected chi connectivity index (χ2v) is 5.06. The molecule has 0 nitrogen and oxygen atoms in total. The van der Waals surface area contributed by atoms with E-state index in [9.17, 15) is 8.78 Å². The van der Waals surface area contributed by atoms with Crippen LogP contribution in [0, 0.1) is 11.6 Å². The van der Waals surface area contributed by atoms with E-state index in [0.717, 1.165) is 5.56 Å². The Bertz CT molecular complexity index is 827. The molecule has 0 saturated carbocycles. The summed E-state index contributed by atoms with van der Waals surface area (Å²) < 4.78 is 28.3. The highest BCUT2D eigenvalue weighted by Crippen LogP contribution is 2.28. The van der Waals surface area contributed by atoms with Gasteiger partial charge in [0.1, 0.15) is 27.3 Å². The van der Waals surface area contributed by atoms with Gasteiger partial charge in [-0.1, -0.05) is 59.5 Å². The Morgan fingerprint density at radius 1 is 0.545 bits per heavy atom. The van der Waals surface area contributed by atoms with Crippen molar-refractivity contribution in [3.05, 3.63) is 72.3 Å². The van der Waals surface area contributed by atoms with E-state index < -0.39 is 11.6 Å². The molecule has 0 aromatic heterocycles. The van der Waals surface area contributed by atoms with Crippen LogP contribution < -0.4 is 10.9 Å². The van der Waals surface area contributed by atoms with Crippen molar-refractivity contribution in [1.82, 2.24) is 0 Å². The molecule has 22 heavy (non-hydrogen) atoms. The minimum absolute atomic E-state index is 0.317. The Hall–Kier alpha value is -2.35. The largest absolute Gasteiger partial charge is 0.206 e. The lowest BCUT2D eigenvalue weighted by Crippen LogP contribution is -2.03. The third kappa shape index (κ3) is 2.82. The van der Waals surface area contributed by atoms with Crippen molar-refractivity contribution in [2.75, 3.05) is 0 Å². The summed E-state index contributed by atoms with van der Waals surface area (Å²) in [6, 6.07) is 15.9. The summed E-state index contributed by atoms with van der Waals surface area (Å²) >= 11 is 0. The first-order valence-electron chi connectivity index (χ1n) is 6.75. The van der Waals surface area contributed by atoms with Gasteiger partial charge in [0.25, 0.3) is 0 Å². The van der Waals surface area contributed by atoms with Crippen molar-refractivity contribution < 1.29 is 8.78 Å². The van der Waals surface area contributed by atoms with E-state index in [1.165, 1.54) is 12.1 Å². The number of halogens is 2. The minimum Gasteiger partial charge on any atom is -0.206 e. The first-order valence-corrected chi connectivity index (χ1v) is 6.75. The van der Waals surface area contributed by atoms with Crippen molar-refractivity contribution in [3.8, 4) is 22.3 Å². The molecule has 0 amide bonds. The van der Waals surface area contributed by atoms with Crippen molar-refractivity contribution in [2.45, 2.75) is 0 Å². The summed E-state index contributed by atoms with van der Waals surface area (Å²) in [5.41, 5.74) is 2.90. The predicted octanol–water partition coefficient (Wildman–Crippen LogP) is 2.89. The van der Waals surface area contributed by atoms with Gasteiger partial charge in [-0.15, -0.1) is 0 Å². The highest BCUT2D eigenvalue weighted by atomic mass is 19.1. The minimum atomic E-state index is -0.473. The zero-order valence-corrected chi connectivity index (χ0v) is 11.7. The molecule has 3 rings (SSSR count). The molecule has 4 radical (unpaired) electrons. The molecule has 0 heterocycles. The van der Waals surface area contributed by atoms with Crippen LogP contribution in [-0.2, 0) is 0 Å². The van der Waals surface area contributed by atoms with Crippen LogP contribution in [0.4, 0.5) is 8.78 Å². The van der Waals surface area contributed by atoms with E-state index in [2.05, 4.69) is 0 Å². The summed E-state index contributed by atoms with van der Waals surface area (Å²) in [7, 11) is 11.1. The smallest absolute Gasteiger partial charge is 0.131 e. The second-order valence-electron chi connectivity index (χ2n) is 5.06. The highest BCUT2D eigenvalue weighted by molar-refractivity contribution is 6.32. The molecule has 0 aliphatic heterocycles. The Morgan fingerprint density at radius 2 is 1.05 bits per heavy atom. The third-order valence-corrected chi connectivity index (χ3v) is 3.49. The fourth-order valence-electron chi connectivity index (χ4n) is 2.34. The van der Waals surface area contributed by atoms with Crippen molar-refractivity contribution >= 4 is 26.6 Å². The topological polar surface area (TPSA) is 0 Å². The molecule has 0 spiro atoms. The molecule has 0 unspecified atom stereocenters. The predicted molar refractivity (Wildman–Crippen MR) is 88.0 cm³/mol. The Balaban J connectivity index is 2.03. The number of hydrogen-bond acceptors (Lipinski definition) is 0. The molecule has 0 fully saturated rings. The fourth-order valence-corrected chi connectivity index (χ4v) is 2.34. The lowest BCUT2D eigenvalue weighted by Gasteiger charge is -2.09. The van der Waals surface area contributed by atoms with Crippen LogP contribution in [0.2, 0.25) is 0 Å². The first-order chi connectivity index (χ1) is 10.5. The first kappa shape index (κ1) is 14.6. The standard InChI is InChI=1S/C18H10B2F2/c19-13-4-1-11(2-5-13)15-7-3-12(9-17(15)21)16-8-6-14(20)10-18(16)22/h1-10H. The Kier molecular flexibility index (Phi) is 3.84. The van der Waals surface area contributed by atoms with E-state index in [0.29, 0.717) is 27.6 Å². The van der Waals surface area contributed by atoms with E-state index in [-0.39, 0.29) is 0 Å². The molecular weight excluding hydrogens is 276 g/mol. The van der Waals surface area contributed by atoms with Crippen LogP contribution in [0.3, 0.4) is 0 Å². The normalized spacial score (nSPS) is 10.6. The van der Waals surface area contributed by atoms with Gasteiger partial charge in [0, 0.05) is 11.1 Å². The summed E-state index contributed by atoms with van der Waals surface area (Å²) in [6.45, 7) is 0. The molecule has 0 aliphatic carbocycles. The molecule has 3 aromatic carbocycles. The molecule has 4 heteroatoms. The fraction of sp³-hybridized carbons (Fsp3) is 0. The molecule has 0 N–H and O–H groups in total. The van der Waals surface area contributed by atoms with Gasteiger partial charge in [-0.3, -0.25) is 0 Å². The summed E-state index contributed by atoms with van der Waals surface area (Å²) in [4.78, 5) is 0. The van der Waals surface area contributed by atoms with Gasteiger partial charge in [0.05, 0.1) is 0 Å². The lowest BCUT2D eigenvalue weighted by atomic mass is 9.91. The molecule has 0 saturated heterocycles. The zero-order chi connectivity index (χ0) is 15.7. The Labute approximate surface area is 130 Å². The van der Waals surface area contributed by atoms with Crippen molar-refractivity contribution in [3.63, 3.8) is 0 Å². The van der Waals surface area contributed by atoms with Crippen LogP contribution in [0.5, 0.6) is 0 Å². The van der Waals surface area contributed by atoms with Gasteiger partial charge >= 0.3 is 0 Å². The van der Waals surface area contributed by atoms with Gasteiger partial charge < -0.3 is 0 Å². The molecule has 0 atom stereocenters. The van der Waals surface area contributed by atoms with Gasteiger partial charge in [-0.2, -0.15) is 0 Å². The maximum Gasteiger partial charge on any atom is 0.131 e. The van der Waals surface area contributed by atoms with E-state index in [4.69, 9.17) is 15.7 Å². The van der Waals surface area contributed by atoms with Crippen LogP contribution in [0.25, 0.3) is 22.3 Å². The summed E-state index contributed by atoms with van der Waals surface area (Å²) in [6.07, 6.45) is 0. The number of benzene rings is 3. The van der Waals surface area contributed by atoms with Gasteiger partial charge in [-0.05, 0) is 23.3 Å². The molecular formula is C18H10B2F2. The van der Waals surface area contributed by atoms with E-state index in [1.807, 2.05) is 0 Å². The van der Waals surface area contributed by atoms with Gasteiger partial charge in [-0.25, -0.2) is 8.78 Å². The monoisotopic (exact) mass is 286 g/mol. The van der Waals surface area contributed by atoms with Crippen LogP contribution in [0.1, 0.15) is 0 Å².